The molecule has 1 amide bonds. The number of sulfonamides is 1. The van der Waals surface area contributed by atoms with Gasteiger partial charge in [-0.2, -0.15) is 4.31 Å². The van der Waals surface area contributed by atoms with Gasteiger partial charge in [0.25, 0.3) is 0 Å². The average Bonchev–Trinajstić information content (AvgIpc) is 3.39. The van der Waals surface area contributed by atoms with E-state index in [9.17, 15) is 13.2 Å². The molecular formula is C16H23Cl2N3O3S. The van der Waals surface area contributed by atoms with Crippen molar-refractivity contribution in [3.05, 3.63) is 29.3 Å². The number of hydrogen-bond acceptors (Lipinski definition) is 4. The van der Waals surface area contributed by atoms with Crippen LogP contribution in [0.3, 0.4) is 0 Å². The number of rotatable bonds is 6. The summed E-state index contributed by atoms with van der Waals surface area (Å²) in [6.07, 6.45) is 2.50. The SMILES string of the molecule is Cl.O=C(CNCC1CC1)N1CCN(S(=O)(=O)c2cccc(Cl)c2)CC1. The van der Waals surface area contributed by atoms with Crippen LogP contribution in [-0.2, 0) is 14.8 Å². The van der Waals surface area contributed by atoms with Crippen molar-refractivity contribution in [1.82, 2.24) is 14.5 Å². The van der Waals surface area contributed by atoms with E-state index in [-0.39, 0.29) is 23.2 Å². The summed E-state index contributed by atoms with van der Waals surface area (Å²) in [6.45, 7) is 2.69. The summed E-state index contributed by atoms with van der Waals surface area (Å²) in [5, 5.41) is 3.58. The number of piperazine rings is 1. The van der Waals surface area contributed by atoms with Crippen molar-refractivity contribution in [2.24, 2.45) is 5.92 Å². The number of halogens is 2. The number of amides is 1. The van der Waals surface area contributed by atoms with E-state index >= 15 is 0 Å². The first-order valence-corrected chi connectivity index (χ1v) is 10.0. The Morgan fingerprint density at radius 2 is 1.88 bits per heavy atom. The molecule has 1 aliphatic heterocycles. The van der Waals surface area contributed by atoms with Crippen molar-refractivity contribution < 1.29 is 13.2 Å². The molecule has 6 nitrogen and oxygen atoms in total. The van der Waals surface area contributed by atoms with E-state index in [1.165, 1.54) is 23.2 Å². The molecule has 2 fully saturated rings. The Hall–Kier alpha value is -0.860. The molecule has 3 rings (SSSR count). The fourth-order valence-electron chi connectivity index (χ4n) is 2.77. The third kappa shape index (κ3) is 5.31. The van der Waals surface area contributed by atoms with Crippen molar-refractivity contribution in [2.45, 2.75) is 17.7 Å². The van der Waals surface area contributed by atoms with Gasteiger partial charge in [-0.25, -0.2) is 8.42 Å². The molecule has 1 aromatic carbocycles. The molecule has 140 valence electrons. The molecule has 1 aliphatic carbocycles. The zero-order chi connectivity index (χ0) is 17.2. The van der Waals surface area contributed by atoms with E-state index in [1.54, 1.807) is 23.1 Å². The smallest absolute Gasteiger partial charge is 0.243 e. The van der Waals surface area contributed by atoms with Crippen LogP contribution in [0.25, 0.3) is 0 Å². The van der Waals surface area contributed by atoms with Gasteiger partial charge in [0, 0.05) is 31.2 Å². The highest BCUT2D eigenvalue weighted by molar-refractivity contribution is 7.89. The Morgan fingerprint density at radius 1 is 1.20 bits per heavy atom. The zero-order valence-corrected chi connectivity index (χ0v) is 16.2. The second-order valence-electron chi connectivity index (χ2n) is 6.32. The summed E-state index contributed by atoms with van der Waals surface area (Å²) in [5.41, 5.74) is 0. The third-order valence-electron chi connectivity index (χ3n) is 4.43. The van der Waals surface area contributed by atoms with E-state index in [2.05, 4.69) is 5.32 Å². The van der Waals surface area contributed by atoms with Crippen molar-refractivity contribution >= 4 is 39.9 Å². The summed E-state index contributed by atoms with van der Waals surface area (Å²) < 4.78 is 26.7. The molecule has 9 heteroatoms. The van der Waals surface area contributed by atoms with Crippen LogP contribution in [0.1, 0.15) is 12.8 Å². The molecule has 1 saturated carbocycles. The minimum Gasteiger partial charge on any atom is -0.339 e. The lowest BCUT2D eigenvalue weighted by atomic mass is 10.3. The molecule has 0 aromatic heterocycles. The van der Waals surface area contributed by atoms with E-state index in [0.717, 1.165) is 12.5 Å². The molecule has 1 aromatic rings. The molecule has 2 aliphatic rings. The number of benzene rings is 1. The fraction of sp³-hybridized carbons (Fsp3) is 0.562. The monoisotopic (exact) mass is 407 g/mol. The quantitative estimate of drug-likeness (QED) is 0.777. The van der Waals surface area contributed by atoms with Gasteiger partial charge < -0.3 is 10.2 Å². The minimum atomic E-state index is -3.56. The Kier molecular flexibility index (Phi) is 7.10. The van der Waals surface area contributed by atoms with Crippen LogP contribution in [-0.4, -0.2) is 62.8 Å². The lowest BCUT2D eigenvalue weighted by Gasteiger charge is -2.34. The molecule has 0 unspecified atom stereocenters. The van der Waals surface area contributed by atoms with Gasteiger partial charge in [-0.1, -0.05) is 17.7 Å². The van der Waals surface area contributed by atoms with Crippen LogP contribution < -0.4 is 5.32 Å². The zero-order valence-electron chi connectivity index (χ0n) is 13.9. The minimum absolute atomic E-state index is 0. The first-order chi connectivity index (χ1) is 11.5. The van der Waals surface area contributed by atoms with Gasteiger partial charge in [0.05, 0.1) is 11.4 Å². The summed E-state index contributed by atoms with van der Waals surface area (Å²) in [4.78, 5) is 14.1. The topological polar surface area (TPSA) is 69.7 Å². The number of nitrogens with zero attached hydrogens (tertiary/aromatic N) is 2. The maximum atomic E-state index is 12.6. The summed E-state index contributed by atoms with van der Waals surface area (Å²) in [6, 6.07) is 6.27. The summed E-state index contributed by atoms with van der Waals surface area (Å²) in [7, 11) is -3.56. The summed E-state index contributed by atoms with van der Waals surface area (Å²) >= 11 is 5.89. The van der Waals surface area contributed by atoms with Crippen molar-refractivity contribution in [2.75, 3.05) is 39.3 Å². The van der Waals surface area contributed by atoms with E-state index in [0.29, 0.717) is 37.7 Å². The Morgan fingerprint density at radius 3 is 2.48 bits per heavy atom. The van der Waals surface area contributed by atoms with Crippen molar-refractivity contribution in [3.63, 3.8) is 0 Å². The number of hydrogen-bond donors (Lipinski definition) is 1. The maximum absolute atomic E-state index is 12.6. The molecule has 0 spiro atoms. The normalized spacial score (nSPS) is 18.7. The van der Waals surface area contributed by atoms with E-state index in [4.69, 9.17) is 11.6 Å². The molecule has 0 bridgehead atoms. The highest BCUT2D eigenvalue weighted by Crippen LogP contribution is 2.27. The van der Waals surface area contributed by atoms with Crippen LogP contribution in [0.5, 0.6) is 0 Å². The van der Waals surface area contributed by atoms with Gasteiger partial charge in [-0.15, -0.1) is 12.4 Å². The van der Waals surface area contributed by atoms with Crippen LogP contribution in [0.15, 0.2) is 29.2 Å². The predicted molar refractivity (Wildman–Crippen MR) is 99.6 cm³/mol. The number of carbonyl (C=O) groups is 1. The number of carbonyl (C=O) groups excluding carboxylic acids is 1. The first kappa shape index (κ1) is 20.5. The lowest BCUT2D eigenvalue weighted by Crippen LogP contribution is -2.52. The second-order valence-corrected chi connectivity index (χ2v) is 8.69. The maximum Gasteiger partial charge on any atom is 0.243 e. The van der Waals surface area contributed by atoms with Crippen LogP contribution in [0.4, 0.5) is 0 Å². The second kappa shape index (κ2) is 8.68. The van der Waals surface area contributed by atoms with E-state index in [1.807, 2.05) is 0 Å². The van der Waals surface area contributed by atoms with Gasteiger partial charge in [-0.05, 0) is 43.5 Å². The predicted octanol–water partition coefficient (Wildman–Crippen LogP) is 1.59. The van der Waals surface area contributed by atoms with Gasteiger partial charge >= 0.3 is 0 Å². The standard InChI is InChI=1S/C16H22ClN3O3S.ClH/c17-14-2-1-3-15(10-14)24(22,23)20-8-6-19(7-9-20)16(21)12-18-11-13-4-5-13;/h1-3,10,13,18H,4-9,11-12H2;1H. The molecule has 25 heavy (non-hydrogen) atoms. The Balaban J connectivity index is 0.00000225. The molecule has 1 N–H and O–H groups in total. The van der Waals surface area contributed by atoms with Crippen molar-refractivity contribution in [3.8, 4) is 0 Å². The van der Waals surface area contributed by atoms with Crippen LogP contribution in [0.2, 0.25) is 5.02 Å². The molecule has 0 radical (unpaired) electrons. The first-order valence-electron chi connectivity index (χ1n) is 8.21. The highest BCUT2D eigenvalue weighted by atomic mass is 35.5. The molecular weight excluding hydrogens is 385 g/mol. The summed E-state index contributed by atoms with van der Waals surface area (Å²) in [5.74, 6) is 0.771. The average molecular weight is 408 g/mol. The van der Waals surface area contributed by atoms with Gasteiger partial charge in [0.2, 0.25) is 15.9 Å². The molecule has 0 atom stereocenters. The van der Waals surface area contributed by atoms with Gasteiger partial charge in [-0.3, -0.25) is 4.79 Å². The lowest BCUT2D eigenvalue weighted by molar-refractivity contribution is -0.131. The van der Waals surface area contributed by atoms with Crippen LogP contribution in [0, 0.1) is 5.92 Å². The fourth-order valence-corrected chi connectivity index (χ4v) is 4.49. The number of nitrogens with one attached hydrogen (secondary N) is 1. The largest absolute Gasteiger partial charge is 0.339 e. The van der Waals surface area contributed by atoms with Gasteiger partial charge in [0.15, 0.2) is 0 Å². The molecule has 1 saturated heterocycles. The Bertz CT molecular complexity index is 702. The molecule has 1 heterocycles. The highest BCUT2D eigenvalue weighted by Gasteiger charge is 2.30. The Labute approximate surface area is 160 Å². The van der Waals surface area contributed by atoms with Gasteiger partial charge in [0.1, 0.15) is 0 Å². The third-order valence-corrected chi connectivity index (χ3v) is 6.56. The van der Waals surface area contributed by atoms with Crippen molar-refractivity contribution in [1.29, 1.82) is 0 Å². The van der Waals surface area contributed by atoms with Crippen LogP contribution >= 0.6 is 24.0 Å². The van der Waals surface area contributed by atoms with E-state index < -0.39 is 10.0 Å².